The van der Waals surface area contributed by atoms with E-state index in [1.54, 1.807) is 43.3 Å². The zero-order valence-corrected chi connectivity index (χ0v) is 23.4. The smallest absolute Gasteiger partial charge is 0.343 e. The van der Waals surface area contributed by atoms with Crippen LogP contribution in [-0.4, -0.2) is 25.7 Å². The second-order valence-corrected chi connectivity index (χ2v) is 10.7. The zero-order valence-electron chi connectivity index (χ0n) is 21.8. The van der Waals surface area contributed by atoms with Gasteiger partial charge in [-0.1, -0.05) is 91.4 Å². The second-order valence-electron chi connectivity index (χ2n) is 9.13. The Kier molecular flexibility index (Phi) is 10.8. The Balaban J connectivity index is 1.52. The van der Waals surface area contributed by atoms with Crippen molar-refractivity contribution in [1.29, 1.82) is 0 Å². The van der Waals surface area contributed by atoms with E-state index in [4.69, 9.17) is 14.2 Å². The molecule has 37 heavy (non-hydrogen) atoms. The topological polar surface area (TPSA) is 61.8 Å². The van der Waals surface area contributed by atoms with E-state index in [0.717, 1.165) is 29.9 Å². The third-order valence-electron chi connectivity index (χ3n) is 6.25. The number of carbonyl (C=O) groups excluding carboxylic acids is 2. The molecule has 0 heterocycles. The first-order valence-electron chi connectivity index (χ1n) is 12.8. The Morgan fingerprint density at radius 2 is 1.30 bits per heavy atom. The average molecular weight is 568 g/mol. The lowest BCUT2D eigenvalue weighted by molar-refractivity contribution is -0.143. The van der Waals surface area contributed by atoms with Crippen LogP contribution >= 0.6 is 15.9 Å². The molecule has 0 saturated carbocycles. The molecule has 0 N–H and O–H groups in total. The van der Waals surface area contributed by atoms with Gasteiger partial charge in [0, 0.05) is 0 Å². The number of ether oxygens (including phenoxy) is 3. The summed E-state index contributed by atoms with van der Waals surface area (Å²) in [4.78, 5) is 24.6. The van der Waals surface area contributed by atoms with Crippen LogP contribution in [0.4, 0.5) is 0 Å². The fourth-order valence-corrected chi connectivity index (χ4v) is 4.35. The fraction of sp³-hybridized carbons (Fsp3) is 0.355. The lowest BCUT2D eigenvalue weighted by Crippen LogP contribution is -2.26. The first-order chi connectivity index (χ1) is 17.8. The van der Waals surface area contributed by atoms with Crippen LogP contribution in [-0.2, 0) is 13.9 Å². The summed E-state index contributed by atoms with van der Waals surface area (Å²) in [5.41, 5.74) is 3.20. The van der Waals surface area contributed by atoms with Crippen LogP contribution < -0.4 is 9.47 Å². The van der Waals surface area contributed by atoms with Crippen molar-refractivity contribution in [2.24, 2.45) is 0 Å². The highest BCUT2D eigenvalue weighted by atomic mass is 79.9. The van der Waals surface area contributed by atoms with Gasteiger partial charge in [0.05, 0.1) is 19.3 Å². The van der Waals surface area contributed by atoms with Crippen molar-refractivity contribution in [3.05, 3.63) is 83.9 Å². The van der Waals surface area contributed by atoms with Crippen molar-refractivity contribution in [3.8, 4) is 22.6 Å². The maximum Gasteiger partial charge on any atom is 0.343 e. The second kappa shape index (κ2) is 14.0. The number of methoxy groups -OCH3 is 1. The van der Waals surface area contributed by atoms with Gasteiger partial charge in [0.25, 0.3) is 0 Å². The molecule has 0 aliphatic rings. The average Bonchev–Trinajstić information content (AvgIpc) is 2.92. The molecule has 6 heteroatoms. The van der Waals surface area contributed by atoms with Crippen molar-refractivity contribution in [2.75, 3.05) is 13.7 Å². The van der Waals surface area contributed by atoms with Crippen molar-refractivity contribution in [3.63, 3.8) is 0 Å². The molecule has 0 aliphatic heterocycles. The number of benzene rings is 3. The number of hydrogen-bond acceptors (Lipinski definition) is 5. The molecule has 196 valence electrons. The number of halogens is 1. The summed E-state index contributed by atoms with van der Waals surface area (Å²) >= 11 is 3.39. The highest BCUT2D eigenvalue weighted by molar-refractivity contribution is 9.10. The number of hydrogen-bond donors (Lipinski definition) is 0. The van der Waals surface area contributed by atoms with Crippen LogP contribution in [0.3, 0.4) is 0 Å². The van der Waals surface area contributed by atoms with E-state index < -0.39 is 16.3 Å². The van der Waals surface area contributed by atoms with Crippen LogP contribution in [0.25, 0.3) is 11.1 Å². The summed E-state index contributed by atoms with van der Waals surface area (Å²) in [6, 6.07) is 22.1. The van der Waals surface area contributed by atoms with Crippen molar-refractivity contribution in [2.45, 2.75) is 56.7 Å². The molecule has 1 atom stereocenters. The third-order valence-corrected chi connectivity index (χ3v) is 7.03. The van der Waals surface area contributed by atoms with Crippen molar-refractivity contribution >= 4 is 27.9 Å². The number of alkyl halides is 1. The van der Waals surface area contributed by atoms with Gasteiger partial charge in [-0.15, -0.1) is 0 Å². The highest BCUT2D eigenvalue weighted by Crippen LogP contribution is 2.33. The minimum Gasteiger partial charge on any atom is -0.494 e. The molecule has 0 bridgehead atoms. The fourth-order valence-electron chi connectivity index (χ4n) is 3.93. The predicted octanol–water partition coefficient (Wildman–Crippen LogP) is 8.10. The van der Waals surface area contributed by atoms with Gasteiger partial charge in [-0.25, -0.2) is 4.79 Å². The summed E-state index contributed by atoms with van der Waals surface area (Å²) in [5.74, 6) is 0.401. The van der Waals surface area contributed by atoms with Gasteiger partial charge in [0.15, 0.2) is 0 Å². The zero-order chi connectivity index (χ0) is 26.7. The molecule has 0 aromatic heterocycles. The molecular formula is C31H35BrO5. The van der Waals surface area contributed by atoms with E-state index >= 15 is 0 Å². The highest BCUT2D eigenvalue weighted by Gasteiger charge is 2.33. The van der Waals surface area contributed by atoms with E-state index in [1.165, 1.54) is 39.2 Å². The molecule has 3 aromatic carbocycles. The number of carbonyl (C=O) groups is 2. The minimum atomic E-state index is -0.974. The summed E-state index contributed by atoms with van der Waals surface area (Å²) in [7, 11) is 1.34. The lowest BCUT2D eigenvalue weighted by Gasteiger charge is -2.20. The molecule has 0 spiro atoms. The van der Waals surface area contributed by atoms with Gasteiger partial charge in [-0.3, -0.25) is 4.79 Å². The van der Waals surface area contributed by atoms with E-state index in [0.29, 0.717) is 16.9 Å². The molecule has 3 rings (SSSR count). The maximum absolute atomic E-state index is 12.6. The standard InChI is InChI=1S/C31H35BrO5/c1-4-5-6-7-8-9-22-36-27-18-14-24(15-19-27)23-10-12-25(13-11-23)29(33)37-28-20-16-26(17-21-28)31(2,32)30(34)35-3/h10-21H,4-9,22H2,1-3H3. The Morgan fingerprint density at radius 3 is 1.89 bits per heavy atom. The molecular weight excluding hydrogens is 532 g/mol. The Bertz CT molecular complexity index is 1140. The van der Waals surface area contributed by atoms with Gasteiger partial charge < -0.3 is 14.2 Å². The predicted molar refractivity (Wildman–Crippen MR) is 150 cm³/mol. The monoisotopic (exact) mass is 566 g/mol. The van der Waals surface area contributed by atoms with Crippen LogP contribution in [0.15, 0.2) is 72.8 Å². The van der Waals surface area contributed by atoms with E-state index in [-0.39, 0.29) is 0 Å². The van der Waals surface area contributed by atoms with Crippen molar-refractivity contribution < 1.29 is 23.8 Å². The van der Waals surface area contributed by atoms with Crippen LogP contribution in [0.5, 0.6) is 11.5 Å². The lowest BCUT2D eigenvalue weighted by atomic mass is 10.0. The normalized spacial score (nSPS) is 12.4. The molecule has 0 radical (unpaired) electrons. The van der Waals surface area contributed by atoms with E-state index in [9.17, 15) is 9.59 Å². The summed E-state index contributed by atoms with van der Waals surface area (Å²) in [6.07, 6.45) is 7.46. The molecule has 0 fully saturated rings. The molecule has 1 unspecified atom stereocenters. The quantitative estimate of drug-likeness (QED) is 0.0904. The first kappa shape index (κ1) is 28.5. The Labute approximate surface area is 228 Å². The molecule has 3 aromatic rings. The summed E-state index contributed by atoms with van der Waals surface area (Å²) in [5, 5.41) is 0. The van der Waals surface area contributed by atoms with Crippen LogP contribution in [0.2, 0.25) is 0 Å². The maximum atomic E-state index is 12.6. The van der Waals surface area contributed by atoms with Crippen LogP contribution in [0, 0.1) is 0 Å². The summed E-state index contributed by atoms with van der Waals surface area (Å²) < 4.78 is 15.2. The Hall–Kier alpha value is -3.12. The number of unbranched alkanes of at least 4 members (excludes halogenated alkanes) is 5. The van der Waals surface area contributed by atoms with E-state index in [1.807, 2.05) is 36.4 Å². The van der Waals surface area contributed by atoms with Gasteiger partial charge >= 0.3 is 11.9 Å². The molecule has 0 aliphatic carbocycles. The first-order valence-corrected chi connectivity index (χ1v) is 13.6. The summed E-state index contributed by atoms with van der Waals surface area (Å²) in [6.45, 7) is 4.68. The molecule has 0 amide bonds. The van der Waals surface area contributed by atoms with Gasteiger partial charge in [-0.2, -0.15) is 0 Å². The molecule has 5 nitrogen and oxygen atoms in total. The van der Waals surface area contributed by atoms with Gasteiger partial charge in [-0.05, 0) is 66.4 Å². The molecule has 0 saturated heterocycles. The SMILES string of the molecule is CCCCCCCCOc1ccc(-c2ccc(C(=O)Oc3ccc(C(C)(Br)C(=O)OC)cc3)cc2)cc1. The Morgan fingerprint density at radius 1 is 0.757 bits per heavy atom. The number of esters is 2. The minimum absolute atomic E-state index is 0.391. The van der Waals surface area contributed by atoms with Crippen molar-refractivity contribution in [1.82, 2.24) is 0 Å². The van der Waals surface area contributed by atoms with Crippen LogP contribution in [0.1, 0.15) is 68.3 Å². The number of rotatable bonds is 13. The largest absolute Gasteiger partial charge is 0.494 e. The van der Waals surface area contributed by atoms with Gasteiger partial charge in [0.2, 0.25) is 0 Å². The van der Waals surface area contributed by atoms with Gasteiger partial charge in [0.1, 0.15) is 15.8 Å². The third kappa shape index (κ3) is 8.19. The van der Waals surface area contributed by atoms with E-state index in [2.05, 4.69) is 22.9 Å².